The van der Waals surface area contributed by atoms with E-state index >= 15 is 0 Å². The fourth-order valence-electron chi connectivity index (χ4n) is 1.67. The van der Waals surface area contributed by atoms with E-state index in [9.17, 15) is 4.79 Å². The highest BCUT2D eigenvalue weighted by molar-refractivity contribution is 14.1. The van der Waals surface area contributed by atoms with E-state index in [1.807, 2.05) is 48.5 Å². The summed E-state index contributed by atoms with van der Waals surface area (Å²) < 4.78 is 6.26. The van der Waals surface area contributed by atoms with Crippen molar-refractivity contribution in [3.05, 3.63) is 63.2 Å². The first-order chi connectivity index (χ1) is 9.19. The molecule has 98 valence electrons. The van der Waals surface area contributed by atoms with Gasteiger partial charge >= 0.3 is 0 Å². The number of halogens is 1. The van der Waals surface area contributed by atoms with Crippen molar-refractivity contribution in [2.24, 2.45) is 0 Å². The molecule has 0 heterocycles. The molecule has 0 radical (unpaired) electrons. The summed E-state index contributed by atoms with van der Waals surface area (Å²) in [5.41, 5.74) is 1.68. The molecule has 0 aliphatic rings. The number of amides is 1. The van der Waals surface area contributed by atoms with Crippen molar-refractivity contribution in [2.45, 2.75) is 6.54 Å². The molecule has 0 saturated carbocycles. The summed E-state index contributed by atoms with van der Waals surface area (Å²) >= 11 is 2.21. The van der Waals surface area contributed by atoms with Crippen molar-refractivity contribution in [2.75, 3.05) is 7.11 Å². The van der Waals surface area contributed by atoms with Crippen LogP contribution in [0, 0.1) is 3.57 Å². The van der Waals surface area contributed by atoms with Crippen molar-refractivity contribution in [1.29, 1.82) is 0 Å². The van der Waals surface area contributed by atoms with Gasteiger partial charge in [0.05, 0.1) is 7.11 Å². The van der Waals surface area contributed by atoms with Crippen molar-refractivity contribution in [1.82, 2.24) is 5.32 Å². The van der Waals surface area contributed by atoms with E-state index in [-0.39, 0.29) is 5.91 Å². The van der Waals surface area contributed by atoms with E-state index in [4.69, 9.17) is 4.74 Å². The first kappa shape index (κ1) is 13.9. The second-order valence-corrected chi connectivity index (χ2v) is 5.29. The number of carbonyl (C=O) groups excluding carboxylic acids is 1. The third kappa shape index (κ3) is 3.96. The van der Waals surface area contributed by atoms with E-state index in [0.29, 0.717) is 12.1 Å². The zero-order valence-corrected chi connectivity index (χ0v) is 12.7. The quantitative estimate of drug-likeness (QED) is 0.843. The van der Waals surface area contributed by atoms with Crippen molar-refractivity contribution >= 4 is 28.5 Å². The number of hydrogen-bond acceptors (Lipinski definition) is 2. The number of hydrogen-bond donors (Lipinski definition) is 1. The van der Waals surface area contributed by atoms with Crippen LogP contribution in [0.1, 0.15) is 15.9 Å². The predicted octanol–water partition coefficient (Wildman–Crippen LogP) is 3.23. The van der Waals surface area contributed by atoms with Crippen LogP contribution in [0.2, 0.25) is 0 Å². The maximum Gasteiger partial charge on any atom is 0.251 e. The van der Waals surface area contributed by atoms with Crippen LogP contribution in [0.25, 0.3) is 0 Å². The molecule has 0 atom stereocenters. The average molecular weight is 367 g/mol. The Morgan fingerprint density at radius 1 is 1.21 bits per heavy atom. The molecule has 2 aromatic rings. The Morgan fingerprint density at radius 2 is 1.95 bits per heavy atom. The van der Waals surface area contributed by atoms with Crippen molar-refractivity contribution < 1.29 is 9.53 Å². The smallest absolute Gasteiger partial charge is 0.251 e. The third-order valence-electron chi connectivity index (χ3n) is 2.69. The molecule has 2 aromatic carbocycles. The van der Waals surface area contributed by atoms with Gasteiger partial charge in [-0.15, -0.1) is 0 Å². The molecule has 0 aromatic heterocycles. The van der Waals surface area contributed by atoms with Crippen LogP contribution in [0.15, 0.2) is 48.5 Å². The standard InChI is InChI=1S/C15H14INO2/c1-19-14-4-2-3-11(9-14)10-17-15(18)12-5-7-13(16)8-6-12/h2-9H,10H2,1H3,(H,17,18). The normalized spacial score (nSPS) is 10.0. The molecular formula is C15H14INO2. The van der Waals surface area contributed by atoms with Gasteiger partial charge < -0.3 is 10.1 Å². The molecule has 0 aliphatic heterocycles. The Labute approximate surface area is 126 Å². The summed E-state index contributed by atoms with van der Waals surface area (Å²) in [5, 5.41) is 2.89. The predicted molar refractivity (Wildman–Crippen MR) is 83.3 cm³/mol. The van der Waals surface area contributed by atoms with Crippen LogP contribution in [0.4, 0.5) is 0 Å². The van der Waals surface area contributed by atoms with Crippen LogP contribution in [-0.2, 0) is 6.54 Å². The Hall–Kier alpha value is -1.56. The number of nitrogens with one attached hydrogen (secondary N) is 1. The molecule has 0 aliphatic carbocycles. The first-order valence-electron chi connectivity index (χ1n) is 5.86. The Morgan fingerprint density at radius 3 is 2.63 bits per heavy atom. The lowest BCUT2D eigenvalue weighted by atomic mass is 10.2. The molecule has 1 amide bonds. The summed E-state index contributed by atoms with van der Waals surface area (Å²) in [4.78, 5) is 11.9. The highest BCUT2D eigenvalue weighted by Gasteiger charge is 2.05. The average Bonchev–Trinajstić information content (AvgIpc) is 2.46. The van der Waals surface area contributed by atoms with E-state index in [1.165, 1.54) is 0 Å². The molecule has 19 heavy (non-hydrogen) atoms. The van der Waals surface area contributed by atoms with Gasteiger partial charge in [-0.3, -0.25) is 4.79 Å². The number of ether oxygens (including phenoxy) is 1. The number of benzene rings is 2. The number of rotatable bonds is 4. The lowest BCUT2D eigenvalue weighted by Gasteiger charge is -2.07. The lowest BCUT2D eigenvalue weighted by molar-refractivity contribution is 0.0951. The Bertz CT molecular complexity index is 567. The summed E-state index contributed by atoms with van der Waals surface area (Å²) in [6.45, 7) is 0.488. The molecule has 3 nitrogen and oxygen atoms in total. The lowest BCUT2D eigenvalue weighted by Crippen LogP contribution is -2.22. The first-order valence-corrected chi connectivity index (χ1v) is 6.93. The minimum absolute atomic E-state index is 0.0702. The molecule has 0 saturated heterocycles. The minimum Gasteiger partial charge on any atom is -0.497 e. The summed E-state index contributed by atoms with van der Waals surface area (Å²) in [5.74, 6) is 0.722. The molecule has 0 fully saturated rings. The van der Waals surface area contributed by atoms with Gasteiger partial charge in [-0.2, -0.15) is 0 Å². The molecular weight excluding hydrogens is 353 g/mol. The fraction of sp³-hybridized carbons (Fsp3) is 0.133. The maximum absolute atomic E-state index is 11.9. The van der Waals surface area contributed by atoms with Crippen molar-refractivity contribution in [3.63, 3.8) is 0 Å². The fourth-order valence-corrected chi connectivity index (χ4v) is 2.03. The van der Waals surface area contributed by atoms with Crippen molar-refractivity contribution in [3.8, 4) is 5.75 Å². The van der Waals surface area contributed by atoms with Crippen LogP contribution in [-0.4, -0.2) is 13.0 Å². The van der Waals surface area contributed by atoms with Crippen LogP contribution in [0.3, 0.4) is 0 Å². The van der Waals surface area contributed by atoms with Gasteiger partial charge in [0.1, 0.15) is 5.75 Å². The van der Waals surface area contributed by atoms with Gasteiger partial charge in [0.15, 0.2) is 0 Å². The molecule has 1 N–H and O–H groups in total. The highest BCUT2D eigenvalue weighted by Crippen LogP contribution is 2.12. The molecule has 0 unspecified atom stereocenters. The van der Waals surface area contributed by atoms with E-state index < -0.39 is 0 Å². The van der Waals surface area contributed by atoms with E-state index in [0.717, 1.165) is 14.9 Å². The summed E-state index contributed by atoms with van der Waals surface area (Å²) in [6, 6.07) is 15.1. The second-order valence-electron chi connectivity index (χ2n) is 4.04. The maximum atomic E-state index is 11.9. The highest BCUT2D eigenvalue weighted by atomic mass is 127. The number of methoxy groups -OCH3 is 1. The number of carbonyl (C=O) groups is 1. The zero-order valence-electron chi connectivity index (χ0n) is 10.5. The summed E-state index contributed by atoms with van der Waals surface area (Å²) in [6.07, 6.45) is 0. The van der Waals surface area contributed by atoms with Crippen LogP contribution < -0.4 is 10.1 Å². The van der Waals surface area contributed by atoms with E-state index in [1.54, 1.807) is 7.11 Å². The van der Waals surface area contributed by atoms with E-state index in [2.05, 4.69) is 27.9 Å². The topological polar surface area (TPSA) is 38.3 Å². The second kappa shape index (κ2) is 6.56. The molecule has 2 rings (SSSR count). The zero-order chi connectivity index (χ0) is 13.7. The minimum atomic E-state index is -0.0702. The van der Waals surface area contributed by atoms with Crippen LogP contribution >= 0.6 is 22.6 Å². The molecule has 0 spiro atoms. The van der Waals surface area contributed by atoms with Gasteiger partial charge in [-0.1, -0.05) is 12.1 Å². The molecule has 4 heteroatoms. The van der Waals surface area contributed by atoms with Crippen LogP contribution in [0.5, 0.6) is 5.75 Å². The van der Waals surface area contributed by atoms with Gasteiger partial charge in [0.2, 0.25) is 0 Å². The van der Waals surface area contributed by atoms with Gasteiger partial charge in [0, 0.05) is 15.7 Å². The summed E-state index contributed by atoms with van der Waals surface area (Å²) in [7, 11) is 1.63. The molecule has 0 bridgehead atoms. The third-order valence-corrected chi connectivity index (χ3v) is 3.41. The SMILES string of the molecule is COc1cccc(CNC(=O)c2ccc(I)cc2)c1. The Kier molecular flexibility index (Phi) is 4.79. The van der Waals surface area contributed by atoms with Gasteiger partial charge in [0.25, 0.3) is 5.91 Å². The largest absolute Gasteiger partial charge is 0.497 e. The monoisotopic (exact) mass is 367 g/mol. The van der Waals surface area contributed by atoms with Gasteiger partial charge in [-0.25, -0.2) is 0 Å². The Balaban J connectivity index is 1.98. The van der Waals surface area contributed by atoms with Gasteiger partial charge in [-0.05, 0) is 64.6 Å².